The highest BCUT2D eigenvalue weighted by Crippen LogP contribution is 2.40. The molecule has 4 heteroatoms. The molecular formula is C15H21FN2O. The summed E-state index contributed by atoms with van der Waals surface area (Å²) < 4.78 is 18.8. The minimum atomic E-state index is -0.268. The van der Waals surface area contributed by atoms with Crippen LogP contribution < -0.4 is 15.0 Å². The van der Waals surface area contributed by atoms with Crippen molar-refractivity contribution in [3.8, 4) is 5.75 Å². The molecule has 19 heavy (non-hydrogen) atoms. The molecular weight excluding hydrogens is 243 g/mol. The molecule has 2 aliphatic heterocycles. The van der Waals surface area contributed by atoms with Crippen LogP contribution in [0.2, 0.25) is 0 Å². The van der Waals surface area contributed by atoms with Gasteiger partial charge < -0.3 is 15.0 Å². The van der Waals surface area contributed by atoms with Crippen LogP contribution in [-0.4, -0.2) is 32.3 Å². The van der Waals surface area contributed by atoms with E-state index in [0.29, 0.717) is 23.9 Å². The molecule has 1 N–H and O–H groups in total. The van der Waals surface area contributed by atoms with Gasteiger partial charge >= 0.3 is 0 Å². The van der Waals surface area contributed by atoms with Crippen molar-refractivity contribution < 1.29 is 9.13 Å². The minimum absolute atomic E-state index is 0.268. The van der Waals surface area contributed by atoms with Gasteiger partial charge in [-0.05, 0) is 44.9 Å². The first kappa shape index (κ1) is 12.7. The van der Waals surface area contributed by atoms with Crippen molar-refractivity contribution >= 4 is 5.69 Å². The predicted octanol–water partition coefficient (Wildman–Crippen LogP) is 2.55. The monoisotopic (exact) mass is 264 g/mol. The summed E-state index contributed by atoms with van der Waals surface area (Å²) in [5.74, 6) is 0.0522. The number of hydrogen-bond donors (Lipinski definition) is 1. The van der Waals surface area contributed by atoms with Crippen LogP contribution in [0.1, 0.15) is 25.7 Å². The third-order valence-electron chi connectivity index (χ3n) is 4.57. The summed E-state index contributed by atoms with van der Waals surface area (Å²) in [7, 11) is 3.53. The number of ether oxygens (including phenoxy) is 1. The number of halogens is 1. The number of piperidine rings is 1. The van der Waals surface area contributed by atoms with Crippen molar-refractivity contribution in [2.75, 3.05) is 19.1 Å². The molecule has 2 bridgehead atoms. The Kier molecular flexibility index (Phi) is 3.35. The number of nitrogens with zero attached hydrogens (tertiary/aromatic N) is 1. The molecule has 0 saturated carbocycles. The van der Waals surface area contributed by atoms with Gasteiger partial charge in [-0.15, -0.1) is 0 Å². The summed E-state index contributed by atoms with van der Waals surface area (Å²) >= 11 is 0. The smallest absolute Gasteiger partial charge is 0.167 e. The lowest BCUT2D eigenvalue weighted by molar-refractivity contribution is 0.371. The van der Waals surface area contributed by atoms with E-state index < -0.39 is 0 Å². The van der Waals surface area contributed by atoms with Gasteiger partial charge in [-0.1, -0.05) is 0 Å². The molecule has 2 aliphatic rings. The second-order valence-corrected chi connectivity index (χ2v) is 5.57. The number of hydrogen-bond acceptors (Lipinski definition) is 3. The number of fused-ring (bicyclic) bond motifs is 2. The van der Waals surface area contributed by atoms with Crippen LogP contribution in [0.25, 0.3) is 0 Å². The third-order valence-corrected chi connectivity index (χ3v) is 4.57. The maximum absolute atomic E-state index is 13.9. The zero-order chi connectivity index (χ0) is 13.4. The molecule has 0 aliphatic carbocycles. The van der Waals surface area contributed by atoms with Crippen LogP contribution in [0.4, 0.5) is 10.1 Å². The van der Waals surface area contributed by atoms with Gasteiger partial charge in [0, 0.05) is 29.9 Å². The Labute approximate surface area is 113 Å². The molecule has 104 valence electrons. The van der Waals surface area contributed by atoms with Gasteiger partial charge in [0.25, 0.3) is 0 Å². The Balaban J connectivity index is 1.85. The Morgan fingerprint density at radius 1 is 1.26 bits per heavy atom. The van der Waals surface area contributed by atoms with E-state index in [1.54, 1.807) is 12.1 Å². The van der Waals surface area contributed by atoms with Crippen molar-refractivity contribution in [2.24, 2.45) is 0 Å². The van der Waals surface area contributed by atoms with Gasteiger partial charge in [0.05, 0.1) is 7.11 Å². The summed E-state index contributed by atoms with van der Waals surface area (Å²) in [6.45, 7) is 0. The normalized spacial score (nSPS) is 29.6. The third kappa shape index (κ3) is 2.18. The maximum atomic E-state index is 13.9. The van der Waals surface area contributed by atoms with Crippen LogP contribution in [-0.2, 0) is 0 Å². The van der Waals surface area contributed by atoms with Gasteiger partial charge in [0.2, 0.25) is 0 Å². The van der Waals surface area contributed by atoms with Crippen LogP contribution in [0.3, 0.4) is 0 Å². The fraction of sp³-hybridized carbons (Fsp3) is 0.600. The van der Waals surface area contributed by atoms with Crippen LogP contribution in [0, 0.1) is 5.82 Å². The number of benzene rings is 1. The Bertz CT molecular complexity index is 451. The molecule has 2 fully saturated rings. The molecule has 1 aromatic carbocycles. The lowest BCUT2D eigenvalue weighted by Crippen LogP contribution is -2.48. The highest BCUT2D eigenvalue weighted by atomic mass is 19.1. The minimum Gasteiger partial charge on any atom is -0.494 e. The van der Waals surface area contributed by atoms with E-state index in [4.69, 9.17) is 4.74 Å². The average Bonchev–Trinajstić information content (AvgIpc) is 2.69. The Morgan fingerprint density at radius 2 is 1.95 bits per heavy atom. The SMILES string of the molecule is CNC1CC2CCC(C1)N2c1ccc(OC)c(F)c1. The highest BCUT2D eigenvalue weighted by Gasteiger charge is 2.40. The van der Waals surface area contributed by atoms with Crippen molar-refractivity contribution in [2.45, 2.75) is 43.8 Å². The zero-order valence-corrected chi connectivity index (χ0v) is 11.5. The molecule has 3 rings (SSSR count). The van der Waals surface area contributed by atoms with E-state index >= 15 is 0 Å². The van der Waals surface area contributed by atoms with Gasteiger partial charge in [-0.2, -0.15) is 0 Å². The lowest BCUT2D eigenvalue weighted by Gasteiger charge is -2.40. The first-order chi connectivity index (χ1) is 9.22. The lowest BCUT2D eigenvalue weighted by atomic mass is 9.96. The van der Waals surface area contributed by atoms with Crippen molar-refractivity contribution in [3.05, 3.63) is 24.0 Å². The van der Waals surface area contributed by atoms with Gasteiger partial charge in [-0.25, -0.2) is 4.39 Å². The molecule has 2 heterocycles. The fourth-order valence-electron chi connectivity index (χ4n) is 3.65. The second kappa shape index (κ2) is 5.00. The van der Waals surface area contributed by atoms with E-state index in [2.05, 4.69) is 10.2 Å². The fourth-order valence-corrected chi connectivity index (χ4v) is 3.65. The van der Waals surface area contributed by atoms with Gasteiger partial charge in [-0.3, -0.25) is 0 Å². The van der Waals surface area contributed by atoms with E-state index in [0.717, 1.165) is 18.5 Å². The first-order valence-corrected chi connectivity index (χ1v) is 7.02. The number of nitrogens with one attached hydrogen (secondary N) is 1. The standard InChI is InChI=1S/C15H21FN2O/c1-17-10-7-11-3-4-12(8-10)18(11)13-5-6-15(19-2)14(16)9-13/h5-6,9-12,17H,3-4,7-8H2,1-2H3. The molecule has 0 spiro atoms. The molecule has 0 amide bonds. The van der Waals surface area contributed by atoms with Crippen LogP contribution in [0.15, 0.2) is 18.2 Å². The maximum Gasteiger partial charge on any atom is 0.167 e. The predicted molar refractivity (Wildman–Crippen MR) is 74.3 cm³/mol. The molecule has 1 aromatic rings. The average molecular weight is 264 g/mol. The quantitative estimate of drug-likeness (QED) is 0.908. The molecule has 2 unspecified atom stereocenters. The molecule has 0 aromatic heterocycles. The van der Waals surface area contributed by atoms with Crippen LogP contribution in [0.5, 0.6) is 5.75 Å². The zero-order valence-electron chi connectivity index (χ0n) is 11.5. The van der Waals surface area contributed by atoms with Crippen molar-refractivity contribution in [1.82, 2.24) is 5.32 Å². The Morgan fingerprint density at radius 3 is 2.47 bits per heavy atom. The number of anilines is 1. The van der Waals surface area contributed by atoms with E-state index in [1.165, 1.54) is 20.0 Å². The Hall–Kier alpha value is -1.29. The molecule has 3 nitrogen and oxygen atoms in total. The molecule has 2 saturated heterocycles. The largest absolute Gasteiger partial charge is 0.494 e. The van der Waals surface area contributed by atoms with Gasteiger partial charge in [0.1, 0.15) is 0 Å². The topological polar surface area (TPSA) is 24.5 Å². The van der Waals surface area contributed by atoms with Crippen LogP contribution >= 0.6 is 0 Å². The first-order valence-electron chi connectivity index (χ1n) is 7.02. The number of methoxy groups -OCH3 is 1. The van der Waals surface area contributed by atoms with Gasteiger partial charge in [0.15, 0.2) is 11.6 Å². The summed E-state index contributed by atoms with van der Waals surface area (Å²) in [4.78, 5) is 2.41. The number of rotatable bonds is 3. The highest BCUT2D eigenvalue weighted by molar-refractivity contribution is 5.53. The summed E-state index contributed by atoms with van der Waals surface area (Å²) in [6, 6.07) is 7.02. The summed E-state index contributed by atoms with van der Waals surface area (Å²) in [6.07, 6.45) is 4.74. The summed E-state index contributed by atoms with van der Waals surface area (Å²) in [5.41, 5.74) is 1.00. The second-order valence-electron chi connectivity index (χ2n) is 5.57. The van der Waals surface area contributed by atoms with E-state index in [1.807, 2.05) is 13.1 Å². The molecule has 2 atom stereocenters. The van der Waals surface area contributed by atoms with E-state index in [-0.39, 0.29) is 5.82 Å². The van der Waals surface area contributed by atoms with Crippen molar-refractivity contribution in [3.63, 3.8) is 0 Å². The molecule has 0 radical (unpaired) electrons. The van der Waals surface area contributed by atoms with Crippen molar-refractivity contribution in [1.29, 1.82) is 0 Å². The van der Waals surface area contributed by atoms with E-state index in [9.17, 15) is 4.39 Å². The summed E-state index contributed by atoms with van der Waals surface area (Å²) in [5, 5.41) is 3.39.